The van der Waals surface area contributed by atoms with E-state index >= 15 is 0 Å². The molecule has 1 aliphatic carbocycles. The summed E-state index contributed by atoms with van der Waals surface area (Å²) in [6.45, 7) is 3.70. The van der Waals surface area contributed by atoms with E-state index in [0.29, 0.717) is 5.03 Å². The molecule has 3 aromatic rings. The summed E-state index contributed by atoms with van der Waals surface area (Å²) >= 11 is 6.21. The van der Waals surface area contributed by atoms with Crippen LogP contribution in [0, 0.1) is 0 Å². The number of pyridine rings is 1. The van der Waals surface area contributed by atoms with E-state index in [-0.39, 0.29) is 0 Å². The van der Waals surface area contributed by atoms with Gasteiger partial charge in [-0.2, -0.15) is 0 Å². The Kier molecular flexibility index (Phi) is 7.27. The van der Waals surface area contributed by atoms with Crippen molar-refractivity contribution < 1.29 is 5.11 Å². The van der Waals surface area contributed by atoms with Crippen molar-refractivity contribution in [3.63, 3.8) is 0 Å². The first-order valence-corrected chi connectivity index (χ1v) is 11.9. The molecule has 1 N–H and O–H groups in total. The molecule has 1 aliphatic rings. The quantitative estimate of drug-likeness (QED) is 0.404. The fraction of sp³-hybridized carbons (Fsp3) is 0.233. The van der Waals surface area contributed by atoms with Crippen molar-refractivity contribution in [2.45, 2.75) is 45.1 Å². The number of benzene rings is 2. The molecule has 0 radical (unpaired) electrons. The summed E-state index contributed by atoms with van der Waals surface area (Å²) in [6, 6.07) is 21.0. The van der Waals surface area contributed by atoms with Gasteiger partial charge in [-0.1, -0.05) is 78.4 Å². The molecule has 0 aliphatic heterocycles. The molecule has 0 fully saturated rings. The van der Waals surface area contributed by atoms with Crippen LogP contribution in [0.5, 0.6) is 0 Å². The largest absolute Gasteiger partial charge is 0.386 e. The third kappa shape index (κ3) is 6.31. The number of aromatic nitrogens is 1. The van der Waals surface area contributed by atoms with Gasteiger partial charge in [-0.05, 0) is 91.6 Å². The maximum Gasteiger partial charge on any atom is 0.0843 e. The van der Waals surface area contributed by atoms with E-state index in [0.717, 1.165) is 48.2 Å². The predicted molar refractivity (Wildman–Crippen MR) is 140 cm³/mol. The molecule has 4 rings (SSSR count). The number of nitrogens with zero attached hydrogens (tertiary/aromatic N) is 1. The van der Waals surface area contributed by atoms with Gasteiger partial charge in [0.1, 0.15) is 0 Å². The van der Waals surface area contributed by atoms with Gasteiger partial charge in [0.25, 0.3) is 0 Å². The second kappa shape index (κ2) is 10.3. The van der Waals surface area contributed by atoms with Crippen molar-refractivity contribution in [1.82, 2.24) is 4.98 Å². The number of hydrogen-bond acceptors (Lipinski definition) is 2. The molecule has 0 unspecified atom stereocenters. The number of rotatable bonds is 7. The average molecular weight is 456 g/mol. The number of halogens is 1. The van der Waals surface area contributed by atoms with Gasteiger partial charge in [-0.15, -0.1) is 0 Å². The second-order valence-electron chi connectivity index (χ2n) is 9.06. The molecule has 2 nitrogen and oxygen atoms in total. The summed E-state index contributed by atoms with van der Waals surface area (Å²) in [5.74, 6) is 0. The van der Waals surface area contributed by atoms with Crippen molar-refractivity contribution in [2.75, 3.05) is 0 Å². The van der Waals surface area contributed by atoms with Crippen LogP contribution in [-0.4, -0.2) is 10.1 Å². The monoisotopic (exact) mass is 455 g/mol. The molecule has 0 atom stereocenters. The Morgan fingerprint density at radius 2 is 1.85 bits per heavy atom. The molecule has 0 bridgehead atoms. The van der Waals surface area contributed by atoms with Crippen LogP contribution < -0.4 is 0 Å². The van der Waals surface area contributed by atoms with E-state index in [2.05, 4.69) is 60.7 Å². The molecule has 33 heavy (non-hydrogen) atoms. The maximum absolute atomic E-state index is 10.4. The molecule has 2 aromatic carbocycles. The molecule has 0 spiro atoms. The zero-order valence-corrected chi connectivity index (χ0v) is 20.0. The van der Waals surface area contributed by atoms with Crippen LogP contribution in [0.4, 0.5) is 0 Å². The highest BCUT2D eigenvalue weighted by atomic mass is 35.5. The Balaban J connectivity index is 1.41. The highest BCUT2D eigenvalue weighted by molar-refractivity contribution is 6.33. The Labute approximate surface area is 202 Å². The minimum absolute atomic E-state index is 0.709. The maximum atomic E-state index is 10.4. The molecule has 168 valence electrons. The van der Waals surface area contributed by atoms with E-state index in [1.807, 2.05) is 44.2 Å². The van der Waals surface area contributed by atoms with Gasteiger partial charge in [0.2, 0.25) is 0 Å². The Morgan fingerprint density at radius 3 is 2.70 bits per heavy atom. The van der Waals surface area contributed by atoms with Gasteiger partial charge in [0.05, 0.1) is 17.0 Å². The first-order chi connectivity index (χ1) is 15.9. The molecule has 0 saturated heterocycles. The predicted octanol–water partition coefficient (Wildman–Crippen LogP) is 7.35. The number of hydrogen-bond donors (Lipinski definition) is 1. The van der Waals surface area contributed by atoms with Crippen LogP contribution >= 0.6 is 11.6 Å². The van der Waals surface area contributed by atoms with Crippen LogP contribution in [0.25, 0.3) is 18.2 Å². The van der Waals surface area contributed by atoms with Gasteiger partial charge < -0.3 is 5.11 Å². The highest BCUT2D eigenvalue weighted by Crippen LogP contribution is 2.25. The summed E-state index contributed by atoms with van der Waals surface area (Å²) in [4.78, 5) is 4.76. The zero-order valence-electron chi connectivity index (χ0n) is 19.3. The van der Waals surface area contributed by atoms with Gasteiger partial charge in [0.15, 0.2) is 0 Å². The van der Waals surface area contributed by atoms with Crippen molar-refractivity contribution in [1.29, 1.82) is 0 Å². The minimum Gasteiger partial charge on any atom is -0.386 e. The first kappa shape index (κ1) is 23.2. The van der Waals surface area contributed by atoms with E-state index in [1.165, 1.54) is 16.7 Å². The van der Waals surface area contributed by atoms with Gasteiger partial charge in [-0.25, -0.2) is 4.98 Å². The number of aliphatic hydroxyl groups is 1. The van der Waals surface area contributed by atoms with E-state index < -0.39 is 5.60 Å². The van der Waals surface area contributed by atoms with Crippen molar-refractivity contribution >= 4 is 29.8 Å². The second-order valence-corrected chi connectivity index (χ2v) is 9.50. The van der Waals surface area contributed by atoms with E-state index in [1.54, 1.807) is 0 Å². The van der Waals surface area contributed by atoms with Crippen LogP contribution in [0.15, 0.2) is 77.8 Å². The lowest BCUT2D eigenvalue weighted by Gasteiger charge is -2.21. The molecule has 0 amide bonds. The average Bonchev–Trinajstić information content (AvgIpc) is 2.97. The van der Waals surface area contributed by atoms with Crippen molar-refractivity contribution in [3.8, 4) is 0 Å². The highest BCUT2D eigenvalue weighted by Gasteiger charge is 2.18. The van der Waals surface area contributed by atoms with E-state index in [9.17, 15) is 5.11 Å². The number of aryl methyl sites for hydroxylation is 2. The molecular weight excluding hydrogens is 426 g/mol. The van der Waals surface area contributed by atoms with E-state index in [4.69, 9.17) is 16.6 Å². The van der Waals surface area contributed by atoms with Crippen molar-refractivity contribution in [3.05, 3.63) is 117 Å². The lowest BCUT2D eigenvalue weighted by molar-refractivity contribution is 0.0776. The van der Waals surface area contributed by atoms with Crippen molar-refractivity contribution in [2.24, 2.45) is 0 Å². The first-order valence-electron chi connectivity index (χ1n) is 11.5. The lowest BCUT2D eigenvalue weighted by Crippen LogP contribution is -2.18. The molecule has 0 saturated carbocycles. The normalized spacial score (nSPS) is 13.6. The third-order valence-electron chi connectivity index (χ3n) is 5.91. The van der Waals surface area contributed by atoms with Crippen LogP contribution in [0.3, 0.4) is 0 Å². The summed E-state index contributed by atoms with van der Waals surface area (Å²) in [7, 11) is 0. The number of allylic oxidation sites excluding steroid dienone is 3. The standard InChI is InChI=1S/C30H30ClNO/c1-30(2,33)28-15-4-3-11-24(28)12-6-10-22-8-5-9-23(20-22)16-18-27-19-17-25-13-7-14-26(31)21-29(25)32-27/h3-5,7-9,11,14-21,33H,6,10,12-13H2,1-2H3/b18-16+. The Hall–Kier alpha value is -2.94. The minimum atomic E-state index is -0.817. The molecule has 3 heteroatoms. The molecule has 1 heterocycles. The smallest absolute Gasteiger partial charge is 0.0843 e. The zero-order chi connectivity index (χ0) is 23.3. The summed E-state index contributed by atoms with van der Waals surface area (Å²) in [5, 5.41) is 11.2. The fourth-order valence-electron chi connectivity index (χ4n) is 4.24. The van der Waals surface area contributed by atoms with Gasteiger partial charge >= 0.3 is 0 Å². The summed E-state index contributed by atoms with van der Waals surface area (Å²) < 4.78 is 0. The summed E-state index contributed by atoms with van der Waals surface area (Å²) in [6.07, 6.45) is 13.9. The lowest BCUT2D eigenvalue weighted by atomic mass is 9.90. The van der Waals surface area contributed by atoms with Crippen LogP contribution in [0.2, 0.25) is 0 Å². The fourth-order valence-corrected chi connectivity index (χ4v) is 4.43. The van der Waals surface area contributed by atoms with Gasteiger partial charge in [-0.3, -0.25) is 0 Å². The molecule has 1 aromatic heterocycles. The van der Waals surface area contributed by atoms with Crippen LogP contribution in [-0.2, 0) is 24.9 Å². The number of fused-ring (bicyclic) bond motifs is 1. The summed E-state index contributed by atoms with van der Waals surface area (Å²) in [5.41, 5.74) is 6.94. The van der Waals surface area contributed by atoms with Gasteiger partial charge in [0, 0.05) is 5.03 Å². The Bertz CT molecular complexity index is 1210. The topological polar surface area (TPSA) is 33.1 Å². The SMILES string of the molecule is CC(C)(O)c1ccccc1CCCc1cccc(/C=C/c2ccc3c(n2)C=C(Cl)C=CC3)c1. The van der Waals surface area contributed by atoms with Crippen LogP contribution in [0.1, 0.15) is 59.5 Å². The third-order valence-corrected chi connectivity index (χ3v) is 6.14. The molecular formula is C30H30ClNO. The Morgan fingerprint density at radius 1 is 1.00 bits per heavy atom.